The maximum Gasteiger partial charge on any atom is 0.186 e. The lowest BCUT2D eigenvalue weighted by atomic mass is 10.2. The Hall–Kier alpha value is -0.740. The SMILES string of the molecule is CC[NH+](CC)Cc1nc(Sc2nnc(SC)s2)c2c(C)c(C)sc2n1. The number of hydrogen-bond acceptors (Lipinski definition) is 8. The third-order valence-electron chi connectivity index (χ3n) is 4.20. The molecular weight excluding hydrogens is 390 g/mol. The molecule has 3 rings (SSSR count). The number of nitrogens with zero attached hydrogens (tertiary/aromatic N) is 4. The van der Waals surface area contributed by atoms with Crippen LogP contribution in [-0.2, 0) is 6.54 Å². The Morgan fingerprint density at radius 3 is 2.36 bits per heavy atom. The summed E-state index contributed by atoms with van der Waals surface area (Å²) in [5, 5.41) is 10.7. The van der Waals surface area contributed by atoms with Gasteiger partial charge in [0, 0.05) is 10.3 Å². The van der Waals surface area contributed by atoms with Crippen LogP contribution in [0.2, 0.25) is 0 Å². The van der Waals surface area contributed by atoms with Crippen molar-refractivity contribution in [3.8, 4) is 0 Å². The van der Waals surface area contributed by atoms with E-state index in [-0.39, 0.29) is 0 Å². The topological polar surface area (TPSA) is 56.0 Å². The number of thiophene rings is 1. The smallest absolute Gasteiger partial charge is 0.186 e. The maximum absolute atomic E-state index is 4.91. The van der Waals surface area contributed by atoms with E-state index in [2.05, 4.69) is 37.9 Å². The van der Waals surface area contributed by atoms with Crippen molar-refractivity contribution in [2.75, 3.05) is 19.3 Å². The number of aryl methyl sites for hydroxylation is 2. The fourth-order valence-corrected chi connectivity index (χ4v) is 6.20. The van der Waals surface area contributed by atoms with Gasteiger partial charge < -0.3 is 4.90 Å². The summed E-state index contributed by atoms with van der Waals surface area (Å²) in [4.78, 5) is 13.6. The normalized spacial score (nSPS) is 11.8. The van der Waals surface area contributed by atoms with Gasteiger partial charge in [-0.25, -0.2) is 9.97 Å². The van der Waals surface area contributed by atoms with Gasteiger partial charge in [0.05, 0.1) is 13.1 Å². The second-order valence-corrected chi connectivity index (χ2v) is 10.2. The van der Waals surface area contributed by atoms with Crippen molar-refractivity contribution in [2.24, 2.45) is 0 Å². The fraction of sp³-hybridized carbons (Fsp3) is 0.500. The van der Waals surface area contributed by atoms with Crippen molar-refractivity contribution in [3.05, 3.63) is 16.3 Å². The van der Waals surface area contributed by atoms with Gasteiger partial charge in [-0.1, -0.05) is 23.1 Å². The predicted molar refractivity (Wildman–Crippen MR) is 108 cm³/mol. The Labute approximate surface area is 164 Å². The molecule has 0 aliphatic heterocycles. The molecule has 0 amide bonds. The van der Waals surface area contributed by atoms with Crippen LogP contribution in [0, 0.1) is 13.8 Å². The minimum Gasteiger partial charge on any atom is -0.329 e. The van der Waals surface area contributed by atoms with Crippen LogP contribution in [0.15, 0.2) is 13.7 Å². The summed E-state index contributed by atoms with van der Waals surface area (Å²) in [6.45, 7) is 11.7. The molecule has 0 atom stereocenters. The lowest BCUT2D eigenvalue weighted by Gasteiger charge is -2.14. The highest BCUT2D eigenvalue weighted by molar-refractivity contribution is 8.03. The van der Waals surface area contributed by atoms with Gasteiger partial charge in [-0.05, 0) is 51.3 Å². The molecule has 0 aliphatic rings. The van der Waals surface area contributed by atoms with E-state index in [4.69, 9.17) is 9.97 Å². The van der Waals surface area contributed by atoms with Gasteiger partial charge in [-0.3, -0.25) is 0 Å². The van der Waals surface area contributed by atoms with Crippen LogP contribution in [0.5, 0.6) is 0 Å². The first kappa shape index (κ1) is 19.0. The zero-order valence-electron chi connectivity index (χ0n) is 15.0. The maximum atomic E-state index is 4.91. The second kappa shape index (κ2) is 8.30. The molecule has 3 aromatic rings. The van der Waals surface area contributed by atoms with E-state index in [1.54, 1.807) is 46.2 Å². The van der Waals surface area contributed by atoms with Crippen LogP contribution in [0.25, 0.3) is 10.2 Å². The zero-order valence-corrected chi connectivity index (χ0v) is 18.3. The first-order valence-corrected chi connectivity index (χ1v) is 11.9. The number of fused-ring (bicyclic) bond motifs is 1. The highest BCUT2D eigenvalue weighted by atomic mass is 32.2. The summed E-state index contributed by atoms with van der Waals surface area (Å²) in [5.74, 6) is 0.921. The van der Waals surface area contributed by atoms with Gasteiger partial charge in [0.1, 0.15) is 16.4 Å². The average Bonchev–Trinajstić information content (AvgIpc) is 3.17. The molecule has 134 valence electrons. The molecule has 5 nitrogen and oxygen atoms in total. The van der Waals surface area contributed by atoms with Crippen molar-refractivity contribution in [3.63, 3.8) is 0 Å². The predicted octanol–water partition coefficient (Wildman–Crippen LogP) is 3.46. The van der Waals surface area contributed by atoms with Gasteiger partial charge in [-0.2, -0.15) is 0 Å². The van der Waals surface area contributed by atoms with E-state index in [9.17, 15) is 0 Å². The minimum atomic E-state index is 0.860. The number of quaternary nitrogens is 1. The zero-order chi connectivity index (χ0) is 18.0. The van der Waals surface area contributed by atoms with Crippen LogP contribution in [0.4, 0.5) is 0 Å². The van der Waals surface area contributed by atoms with E-state index in [0.717, 1.165) is 44.0 Å². The average molecular weight is 413 g/mol. The lowest BCUT2D eigenvalue weighted by Crippen LogP contribution is -3.10. The molecule has 3 heterocycles. The lowest BCUT2D eigenvalue weighted by molar-refractivity contribution is -0.910. The monoisotopic (exact) mass is 412 g/mol. The molecule has 9 heteroatoms. The molecule has 0 aromatic carbocycles. The molecule has 1 N–H and O–H groups in total. The summed E-state index contributed by atoms with van der Waals surface area (Å²) >= 11 is 6.62. The van der Waals surface area contributed by atoms with E-state index in [1.807, 2.05) is 6.26 Å². The first-order valence-electron chi connectivity index (χ1n) is 8.21. The number of nitrogens with one attached hydrogen (secondary N) is 1. The summed E-state index contributed by atoms with van der Waals surface area (Å²) in [6.07, 6.45) is 2.02. The van der Waals surface area contributed by atoms with Gasteiger partial charge >= 0.3 is 0 Å². The molecule has 0 saturated heterocycles. The first-order chi connectivity index (χ1) is 12.0. The Bertz CT molecular complexity index is 869. The van der Waals surface area contributed by atoms with Gasteiger partial charge in [0.15, 0.2) is 14.5 Å². The molecule has 25 heavy (non-hydrogen) atoms. The molecule has 0 radical (unpaired) electrons. The third-order valence-corrected chi connectivity index (χ3v) is 8.24. The quantitative estimate of drug-likeness (QED) is 0.474. The van der Waals surface area contributed by atoms with E-state index in [0.29, 0.717) is 0 Å². The molecule has 0 aliphatic carbocycles. The summed E-state index contributed by atoms with van der Waals surface area (Å²) in [6, 6.07) is 0. The minimum absolute atomic E-state index is 0.860. The summed E-state index contributed by atoms with van der Waals surface area (Å²) in [5.41, 5.74) is 1.28. The Kier molecular flexibility index (Phi) is 6.32. The number of rotatable bonds is 7. The number of thioether (sulfide) groups is 1. The van der Waals surface area contributed by atoms with E-state index < -0.39 is 0 Å². The van der Waals surface area contributed by atoms with Crippen molar-refractivity contribution in [2.45, 2.75) is 47.9 Å². The molecule has 0 saturated carbocycles. The molecular formula is C16H22N5S4+. The van der Waals surface area contributed by atoms with Crippen molar-refractivity contribution in [1.82, 2.24) is 20.2 Å². The van der Waals surface area contributed by atoms with Crippen LogP contribution < -0.4 is 4.90 Å². The van der Waals surface area contributed by atoms with Gasteiger partial charge in [0.2, 0.25) is 0 Å². The number of hydrogen-bond donors (Lipinski definition) is 1. The van der Waals surface area contributed by atoms with Crippen LogP contribution in [0.3, 0.4) is 0 Å². The van der Waals surface area contributed by atoms with E-state index >= 15 is 0 Å². The largest absolute Gasteiger partial charge is 0.329 e. The van der Waals surface area contributed by atoms with Gasteiger partial charge in [0.25, 0.3) is 0 Å². The molecule has 0 spiro atoms. The Morgan fingerprint density at radius 1 is 1.00 bits per heavy atom. The summed E-state index contributed by atoms with van der Waals surface area (Å²) < 4.78 is 1.92. The van der Waals surface area contributed by atoms with Crippen LogP contribution in [-0.4, -0.2) is 39.5 Å². The number of aromatic nitrogens is 4. The van der Waals surface area contributed by atoms with Crippen molar-refractivity contribution >= 4 is 56.4 Å². The van der Waals surface area contributed by atoms with Crippen molar-refractivity contribution < 1.29 is 4.90 Å². The third kappa shape index (κ3) is 4.16. The Balaban J connectivity index is 2.03. The van der Waals surface area contributed by atoms with Gasteiger partial charge in [-0.15, -0.1) is 21.5 Å². The summed E-state index contributed by atoms with van der Waals surface area (Å²) in [7, 11) is 0. The molecule has 0 unspecified atom stereocenters. The van der Waals surface area contributed by atoms with E-state index in [1.165, 1.54) is 20.7 Å². The highest BCUT2D eigenvalue weighted by Gasteiger charge is 2.19. The standard InChI is InChI=1S/C16H21N5S4/c1-6-21(7-2)8-11-17-13-12(9(3)10(4)23-13)14(18-11)24-16-20-19-15(22-5)25-16/h6-8H2,1-5H3/p+1. The van der Waals surface area contributed by atoms with Crippen LogP contribution >= 0.6 is 46.2 Å². The second-order valence-electron chi connectivity index (χ2n) is 5.68. The molecule has 0 fully saturated rings. The molecule has 0 bridgehead atoms. The highest BCUT2D eigenvalue weighted by Crippen LogP contribution is 2.39. The fourth-order valence-electron chi connectivity index (χ4n) is 2.54. The Morgan fingerprint density at radius 2 is 1.72 bits per heavy atom. The molecule has 3 aromatic heterocycles. The van der Waals surface area contributed by atoms with Crippen molar-refractivity contribution in [1.29, 1.82) is 0 Å². The van der Waals surface area contributed by atoms with Crippen LogP contribution in [0.1, 0.15) is 30.1 Å².